The first-order valence-electron chi connectivity index (χ1n) is 23.6. The predicted molar refractivity (Wildman–Crippen MR) is 281 cm³/mol. The van der Waals surface area contributed by atoms with Crippen molar-refractivity contribution in [2.45, 2.75) is 54.4 Å². The summed E-state index contributed by atoms with van der Waals surface area (Å²) in [5.74, 6) is 0.609. The summed E-state index contributed by atoms with van der Waals surface area (Å²) in [6, 6.07) is 23.1. The Bertz CT molecular complexity index is 2790. The summed E-state index contributed by atoms with van der Waals surface area (Å²) >= 11 is 0. The number of nitrogens with one attached hydrogen (secondary N) is 3. The predicted octanol–water partition coefficient (Wildman–Crippen LogP) is 10.8. The molecule has 3 N–H and O–H groups in total. The minimum absolute atomic E-state index is 0.0808. The molecule has 0 atom stereocenters. The summed E-state index contributed by atoms with van der Waals surface area (Å²) in [5, 5.41) is 4.63. The number of anilines is 1. The minimum atomic E-state index is -0.448. The summed E-state index contributed by atoms with van der Waals surface area (Å²) < 4.78 is 27.1. The van der Waals surface area contributed by atoms with Crippen LogP contribution < -0.4 is 14.8 Å². The Morgan fingerprint density at radius 1 is 0.638 bits per heavy atom. The number of hydrogen-bond acceptors (Lipinski definition) is 7. The van der Waals surface area contributed by atoms with E-state index in [-0.39, 0.29) is 17.3 Å². The highest BCUT2D eigenvalue weighted by atomic mass is 19.1. The average Bonchev–Trinajstić information content (AvgIpc) is 4.06. The monoisotopic (exact) mass is 944 g/mol. The van der Waals surface area contributed by atoms with Crippen molar-refractivity contribution in [3.05, 3.63) is 113 Å². The number of rotatable bonds is 11. The number of amides is 4. The van der Waals surface area contributed by atoms with Crippen molar-refractivity contribution in [3.8, 4) is 33.8 Å². The van der Waals surface area contributed by atoms with Gasteiger partial charge >= 0.3 is 0 Å². The maximum Gasteiger partial charge on any atom is 0.269 e. The Kier molecular flexibility index (Phi) is 20.2. The quantitative estimate of drug-likeness (QED) is 0.110. The van der Waals surface area contributed by atoms with E-state index in [9.17, 15) is 19.2 Å². The van der Waals surface area contributed by atoms with Crippen molar-refractivity contribution in [1.82, 2.24) is 29.6 Å². The highest BCUT2D eigenvalue weighted by Crippen LogP contribution is 2.42. The van der Waals surface area contributed by atoms with Gasteiger partial charge in [-0.25, -0.2) is 4.39 Å². The Hall–Kier alpha value is -7.35. The first-order chi connectivity index (χ1) is 33.4. The molecule has 2 aliphatic heterocycles. The van der Waals surface area contributed by atoms with Crippen molar-refractivity contribution < 1.29 is 33.0 Å². The molecule has 4 heterocycles. The van der Waals surface area contributed by atoms with Crippen LogP contribution in [-0.2, 0) is 9.59 Å². The fourth-order valence-electron chi connectivity index (χ4n) is 8.13. The van der Waals surface area contributed by atoms with Crippen molar-refractivity contribution >= 4 is 63.3 Å². The third kappa shape index (κ3) is 12.2. The second-order valence-corrected chi connectivity index (χ2v) is 15.9. The average molecular weight is 944 g/mol. The van der Waals surface area contributed by atoms with Crippen molar-refractivity contribution in [3.63, 3.8) is 0 Å². The van der Waals surface area contributed by atoms with Crippen LogP contribution in [-0.4, -0.2) is 130 Å². The van der Waals surface area contributed by atoms with E-state index >= 15 is 4.39 Å². The highest BCUT2D eigenvalue weighted by molar-refractivity contribution is 6.06. The number of nitrogens with zero attached hydrogens (tertiary/aromatic N) is 4. The maximum atomic E-state index is 15.8. The minimum Gasteiger partial charge on any atom is -0.496 e. The first-order valence-corrected chi connectivity index (χ1v) is 23.6. The van der Waals surface area contributed by atoms with Crippen LogP contribution in [0, 0.1) is 5.82 Å². The largest absolute Gasteiger partial charge is 0.496 e. The van der Waals surface area contributed by atoms with E-state index in [0.29, 0.717) is 54.1 Å². The molecule has 14 heteroatoms. The molecule has 0 spiro atoms. The van der Waals surface area contributed by atoms with Gasteiger partial charge in [-0.1, -0.05) is 71.9 Å². The molecule has 0 saturated heterocycles. The molecular formula is C55H70FN7O6. The van der Waals surface area contributed by atoms with Crippen LogP contribution in [0.1, 0.15) is 86.5 Å². The number of carbonyl (C=O) groups is 4. The normalized spacial score (nSPS) is 12.8. The van der Waals surface area contributed by atoms with Crippen LogP contribution >= 0.6 is 0 Å². The van der Waals surface area contributed by atoms with E-state index in [1.165, 1.54) is 4.90 Å². The molecular weight excluding hydrogens is 874 g/mol. The van der Waals surface area contributed by atoms with Crippen LogP contribution in [0.15, 0.2) is 84.9 Å². The lowest BCUT2D eigenvalue weighted by molar-refractivity contribution is -0.118. The maximum absolute atomic E-state index is 15.8. The van der Waals surface area contributed by atoms with Gasteiger partial charge in [0.1, 0.15) is 22.9 Å². The number of halogens is 1. The van der Waals surface area contributed by atoms with Crippen LogP contribution in [0.5, 0.6) is 11.5 Å². The van der Waals surface area contributed by atoms with E-state index in [1.807, 2.05) is 103 Å². The summed E-state index contributed by atoms with van der Waals surface area (Å²) in [4.78, 5) is 60.5. The molecule has 0 unspecified atom stereocenters. The second-order valence-electron chi connectivity index (χ2n) is 15.9. The lowest BCUT2D eigenvalue weighted by Crippen LogP contribution is -2.28. The molecule has 0 bridgehead atoms. The fourth-order valence-corrected chi connectivity index (χ4v) is 8.13. The van der Waals surface area contributed by atoms with Gasteiger partial charge in [-0.3, -0.25) is 19.2 Å². The van der Waals surface area contributed by atoms with Crippen molar-refractivity contribution in [2.24, 2.45) is 0 Å². The SMILES string of the molecule is CC.CC.CC.CNc1ccc(-c2cc(C3=CCCN(C=O)C3)c(F)c3[nH]c(C(=O)N(C)C)cc23)c(OC)c1.COc1ccccc1-c1cc(C2=CCCN(C=O)C2)cc2[nH]c(C(=O)N(C)C)cc12. The molecule has 0 aliphatic carbocycles. The molecule has 0 radical (unpaired) electrons. The standard InChI is InChI=1S/C25H27FN4O3.C24H25N3O3.3C2H6/c1-27-16-7-8-17(22(10-16)33-4)19-11-18(15-6-5-9-30(13-15)14-31)23(26)24-20(19)12-21(28-24)25(32)29(2)3;1-26(2)24(29)22-13-20-19(18-8-4-5-9-23(18)30-3)11-17(12-21(20)25-22)16-7-6-10-27(14-16)15-28;3*1-2/h6-8,10-12,14,27-28H,5,9,13H2,1-4H3;4-5,7-9,11-13,15,25H,6,10,14H2,1-3H3;3*1-2H3. The van der Waals surface area contributed by atoms with Crippen LogP contribution in [0.25, 0.3) is 55.2 Å². The van der Waals surface area contributed by atoms with Gasteiger partial charge in [0.2, 0.25) is 12.8 Å². The summed E-state index contributed by atoms with van der Waals surface area (Å²) in [6.07, 6.45) is 7.30. The molecule has 0 saturated carbocycles. The van der Waals surface area contributed by atoms with Crippen molar-refractivity contribution in [2.75, 3.05) is 81.0 Å². The Morgan fingerprint density at radius 2 is 1.17 bits per heavy atom. The number of H-pyrrole nitrogens is 2. The Labute approximate surface area is 406 Å². The van der Waals surface area contributed by atoms with Gasteiger partial charge in [0.05, 0.1) is 19.7 Å². The number of carbonyl (C=O) groups excluding carboxylic acids is 4. The molecule has 6 aromatic rings. The summed E-state index contributed by atoms with van der Waals surface area (Å²) in [7, 11) is 11.8. The number of fused-ring (bicyclic) bond motifs is 2. The molecule has 4 aromatic carbocycles. The van der Waals surface area contributed by atoms with E-state index in [0.717, 1.165) is 87.1 Å². The number of hydrogen-bond donors (Lipinski definition) is 3. The number of benzene rings is 4. The van der Waals surface area contributed by atoms with Gasteiger partial charge in [-0.15, -0.1) is 0 Å². The molecule has 8 rings (SSSR count). The van der Waals surface area contributed by atoms with E-state index in [4.69, 9.17) is 9.47 Å². The lowest BCUT2D eigenvalue weighted by atomic mass is 9.93. The number of aromatic nitrogens is 2. The van der Waals surface area contributed by atoms with Gasteiger partial charge in [0, 0.05) is 106 Å². The van der Waals surface area contributed by atoms with E-state index in [2.05, 4.69) is 33.5 Å². The smallest absolute Gasteiger partial charge is 0.269 e. The van der Waals surface area contributed by atoms with Crippen molar-refractivity contribution in [1.29, 1.82) is 0 Å². The molecule has 4 amide bonds. The zero-order chi connectivity index (χ0) is 50.9. The molecule has 0 fully saturated rings. The van der Waals surface area contributed by atoms with Crippen LogP contribution in [0.2, 0.25) is 0 Å². The Balaban J connectivity index is 0.000000272. The lowest BCUT2D eigenvalue weighted by Gasteiger charge is -2.24. The molecule has 368 valence electrons. The van der Waals surface area contributed by atoms with E-state index < -0.39 is 5.82 Å². The molecule has 13 nitrogen and oxygen atoms in total. The Morgan fingerprint density at radius 3 is 1.75 bits per heavy atom. The second kappa shape index (κ2) is 25.7. The molecule has 69 heavy (non-hydrogen) atoms. The highest BCUT2D eigenvalue weighted by Gasteiger charge is 2.25. The third-order valence-electron chi connectivity index (χ3n) is 11.4. The molecule has 2 aromatic heterocycles. The third-order valence-corrected chi connectivity index (χ3v) is 11.4. The van der Waals surface area contributed by atoms with Gasteiger partial charge < -0.3 is 44.4 Å². The van der Waals surface area contributed by atoms with Gasteiger partial charge in [-0.05, 0) is 89.2 Å². The van der Waals surface area contributed by atoms with E-state index in [1.54, 1.807) is 69.2 Å². The molecule has 2 aliphatic rings. The first kappa shape index (κ1) is 54.3. The number of ether oxygens (including phenoxy) is 2. The van der Waals surface area contributed by atoms with Gasteiger partial charge in [-0.2, -0.15) is 0 Å². The zero-order valence-corrected chi connectivity index (χ0v) is 42.6. The number of methoxy groups -OCH3 is 2. The number of para-hydroxylation sites is 1. The van der Waals surface area contributed by atoms with Crippen LogP contribution in [0.4, 0.5) is 10.1 Å². The summed E-state index contributed by atoms with van der Waals surface area (Å²) in [5.41, 5.74) is 9.54. The van der Waals surface area contributed by atoms with Gasteiger partial charge in [0.25, 0.3) is 11.8 Å². The van der Waals surface area contributed by atoms with Crippen LogP contribution in [0.3, 0.4) is 0 Å². The topological polar surface area (TPSA) is 143 Å². The fraction of sp³-hybridized carbons (Fsp3) is 0.345. The summed E-state index contributed by atoms with van der Waals surface area (Å²) in [6.45, 7) is 14.2. The zero-order valence-electron chi connectivity index (χ0n) is 42.6. The number of aromatic amines is 2. The van der Waals surface area contributed by atoms with Gasteiger partial charge in [0.15, 0.2) is 5.82 Å².